The third kappa shape index (κ3) is 1.59. The van der Waals surface area contributed by atoms with Crippen LogP contribution in [0.5, 0.6) is 0 Å². The summed E-state index contributed by atoms with van der Waals surface area (Å²) in [6.45, 7) is 0. The smallest absolute Gasteiger partial charge is 0.385 e. The topological polar surface area (TPSA) is 33.1 Å². The summed E-state index contributed by atoms with van der Waals surface area (Å²) >= 11 is 0. The number of nitrogens with zero attached hydrogens (tertiary/aromatic N) is 1. The summed E-state index contributed by atoms with van der Waals surface area (Å²) < 4.78 is 36.3. The Balaban J connectivity index is 2.27. The first-order valence-electron chi connectivity index (χ1n) is 4.18. The molecule has 1 fully saturated rings. The van der Waals surface area contributed by atoms with Crippen molar-refractivity contribution in [2.45, 2.75) is 24.6 Å². The lowest BCUT2D eigenvalue weighted by Crippen LogP contribution is -2.10. The molecule has 0 saturated heterocycles. The largest absolute Gasteiger partial charge is 0.433 e. The van der Waals surface area contributed by atoms with Crippen LogP contribution in [0.1, 0.15) is 24.1 Å². The lowest BCUT2D eigenvalue weighted by Gasteiger charge is -2.09. The van der Waals surface area contributed by atoms with Crippen molar-refractivity contribution in [1.29, 1.82) is 0 Å². The van der Waals surface area contributed by atoms with Crippen molar-refractivity contribution in [3.63, 3.8) is 0 Å². The van der Waals surface area contributed by atoms with Crippen LogP contribution in [0, 0.1) is 0 Å². The molecule has 2 rings (SSSR count). The highest BCUT2D eigenvalue weighted by atomic mass is 19.4. The van der Waals surface area contributed by atoms with Crippen molar-refractivity contribution >= 4 is 0 Å². The molecule has 0 atom stereocenters. The van der Waals surface area contributed by atoms with Gasteiger partial charge in [0.05, 0.1) is 5.60 Å². The van der Waals surface area contributed by atoms with Gasteiger partial charge in [0.2, 0.25) is 0 Å². The van der Waals surface area contributed by atoms with E-state index in [1.165, 1.54) is 6.07 Å². The van der Waals surface area contributed by atoms with Crippen LogP contribution in [0.3, 0.4) is 0 Å². The zero-order valence-electron chi connectivity index (χ0n) is 7.17. The van der Waals surface area contributed by atoms with Gasteiger partial charge in [-0.1, -0.05) is 6.07 Å². The fourth-order valence-corrected chi connectivity index (χ4v) is 1.24. The molecule has 1 aromatic heterocycles. The number of hydrogen-bond acceptors (Lipinski definition) is 2. The van der Waals surface area contributed by atoms with Crippen molar-refractivity contribution in [3.8, 4) is 0 Å². The molecule has 0 bridgehead atoms. The summed E-state index contributed by atoms with van der Waals surface area (Å²) in [5.41, 5.74) is -1.38. The zero-order valence-corrected chi connectivity index (χ0v) is 7.17. The van der Waals surface area contributed by atoms with Crippen molar-refractivity contribution in [1.82, 2.24) is 4.98 Å². The van der Waals surface area contributed by atoms with Gasteiger partial charge < -0.3 is 5.11 Å². The second-order valence-corrected chi connectivity index (χ2v) is 3.46. The molecule has 1 aliphatic rings. The highest BCUT2D eigenvalue weighted by molar-refractivity contribution is 5.26. The lowest BCUT2D eigenvalue weighted by molar-refractivity contribution is -0.141. The van der Waals surface area contributed by atoms with Crippen LogP contribution in [0.15, 0.2) is 18.3 Å². The molecule has 0 spiro atoms. The summed E-state index contributed by atoms with van der Waals surface area (Å²) in [7, 11) is 0. The zero-order chi connectivity index (χ0) is 10.4. The molecule has 0 amide bonds. The van der Waals surface area contributed by atoms with Gasteiger partial charge in [-0.3, -0.25) is 4.98 Å². The van der Waals surface area contributed by atoms with Gasteiger partial charge in [-0.15, -0.1) is 0 Å². The highest BCUT2D eigenvalue weighted by Gasteiger charge is 2.43. The van der Waals surface area contributed by atoms with E-state index in [1.54, 1.807) is 0 Å². The maximum atomic E-state index is 12.1. The Bertz CT molecular complexity index is 316. The van der Waals surface area contributed by atoms with E-state index in [-0.39, 0.29) is 0 Å². The van der Waals surface area contributed by atoms with Gasteiger partial charge >= 0.3 is 6.18 Å². The maximum Gasteiger partial charge on any atom is 0.433 e. The molecule has 5 heteroatoms. The third-order valence-corrected chi connectivity index (χ3v) is 2.31. The average molecular weight is 203 g/mol. The molecule has 0 aliphatic heterocycles. The van der Waals surface area contributed by atoms with Crippen LogP contribution in [0.4, 0.5) is 13.2 Å². The minimum absolute atomic E-state index is 0.463. The van der Waals surface area contributed by atoms with Gasteiger partial charge in [0.15, 0.2) is 0 Å². The average Bonchev–Trinajstić information content (AvgIpc) is 2.84. The van der Waals surface area contributed by atoms with E-state index in [2.05, 4.69) is 4.98 Å². The standard InChI is InChI=1S/C9H8F3NO/c10-9(11,12)7-2-1-6(5-13-7)8(14)3-4-8/h1-2,5,14H,3-4H2. The molecular formula is C9H8F3NO. The molecule has 1 saturated carbocycles. The Kier molecular flexibility index (Phi) is 1.82. The fraction of sp³-hybridized carbons (Fsp3) is 0.444. The van der Waals surface area contributed by atoms with Crippen LogP contribution in [0.25, 0.3) is 0 Å². The van der Waals surface area contributed by atoms with Gasteiger partial charge in [0.1, 0.15) is 5.69 Å². The number of alkyl halides is 3. The monoisotopic (exact) mass is 203 g/mol. The van der Waals surface area contributed by atoms with Crippen LogP contribution in [0.2, 0.25) is 0 Å². The molecule has 2 nitrogen and oxygen atoms in total. The predicted octanol–water partition coefficient (Wildman–Crippen LogP) is 2.08. The molecule has 1 aliphatic carbocycles. The van der Waals surface area contributed by atoms with Gasteiger partial charge in [0.25, 0.3) is 0 Å². The summed E-state index contributed by atoms with van der Waals surface area (Å²) in [4.78, 5) is 3.27. The SMILES string of the molecule is OC1(c2ccc(C(F)(F)F)nc2)CC1. The first kappa shape index (κ1) is 9.45. The molecule has 1 N–H and O–H groups in total. The van der Waals surface area contributed by atoms with Gasteiger partial charge in [-0.2, -0.15) is 13.2 Å². The van der Waals surface area contributed by atoms with Crippen molar-refractivity contribution in [2.24, 2.45) is 0 Å². The molecule has 14 heavy (non-hydrogen) atoms. The summed E-state index contributed by atoms with van der Waals surface area (Å²) in [6.07, 6.45) is -2.12. The van der Waals surface area contributed by atoms with Gasteiger partial charge in [-0.05, 0) is 18.9 Å². The predicted molar refractivity (Wildman–Crippen MR) is 42.4 cm³/mol. The van der Waals surface area contributed by atoms with Crippen LogP contribution < -0.4 is 0 Å². The Morgan fingerprint density at radius 1 is 1.29 bits per heavy atom. The lowest BCUT2D eigenvalue weighted by atomic mass is 10.1. The number of aromatic nitrogens is 1. The Hall–Kier alpha value is -1.10. The Morgan fingerprint density at radius 3 is 2.29 bits per heavy atom. The third-order valence-electron chi connectivity index (χ3n) is 2.31. The Morgan fingerprint density at radius 2 is 1.93 bits per heavy atom. The highest BCUT2D eigenvalue weighted by Crippen LogP contribution is 2.45. The van der Waals surface area contributed by atoms with E-state index in [9.17, 15) is 18.3 Å². The minimum atomic E-state index is -4.41. The second kappa shape index (κ2) is 2.70. The first-order valence-corrected chi connectivity index (χ1v) is 4.18. The molecule has 0 unspecified atom stereocenters. The van der Waals surface area contributed by atoms with Crippen LogP contribution in [-0.4, -0.2) is 10.1 Å². The summed E-state index contributed by atoms with van der Waals surface area (Å²) in [5, 5.41) is 9.57. The van der Waals surface area contributed by atoms with Gasteiger partial charge in [-0.25, -0.2) is 0 Å². The number of pyridine rings is 1. The molecule has 76 valence electrons. The molecule has 1 heterocycles. The maximum absolute atomic E-state index is 12.1. The van der Waals surface area contributed by atoms with Crippen molar-refractivity contribution in [3.05, 3.63) is 29.6 Å². The summed E-state index contributed by atoms with van der Waals surface area (Å²) in [5.74, 6) is 0. The quantitative estimate of drug-likeness (QED) is 0.758. The molecule has 0 aromatic carbocycles. The minimum Gasteiger partial charge on any atom is -0.385 e. The number of aliphatic hydroxyl groups is 1. The van der Waals surface area contributed by atoms with Crippen molar-refractivity contribution < 1.29 is 18.3 Å². The first-order chi connectivity index (χ1) is 6.42. The number of rotatable bonds is 1. The molecular weight excluding hydrogens is 195 g/mol. The van der Waals surface area contributed by atoms with Crippen molar-refractivity contribution in [2.75, 3.05) is 0 Å². The fourth-order valence-electron chi connectivity index (χ4n) is 1.24. The number of hydrogen-bond donors (Lipinski definition) is 1. The van der Waals surface area contributed by atoms with Crippen LogP contribution in [-0.2, 0) is 11.8 Å². The van der Waals surface area contributed by atoms with E-state index >= 15 is 0 Å². The van der Waals surface area contributed by atoms with Gasteiger partial charge in [0, 0.05) is 11.8 Å². The van der Waals surface area contributed by atoms with E-state index in [0.717, 1.165) is 12.3 Å². The van der Waals surface area contributed by atoms with E-state index in [4.69, 9.17) is 0 Å². The summed E-state index contributed by atoms with van der Waals surface area (Å²) in [6, 6.07) is 2.18. The second-order valence-electron chi connectivity index (χ2n) is 3.46. The van der Waals surface area contributed by atoms with E-state index < -0.39 is 17.5 Å². The molecule has 1 aromatic rings. The molecule has 0 radical (unpaired) electrons. The Labute approximate surface area is 78.4 Å². The van der Waals surface area contributed by atoms with E-state index in [0.29, 0.717) is 18.4 Å². The number of halogens is 3. The van der Waals surface area contributed by atoms with E-state index in [1.807, 2.05) is 0 Å². The van der Waals surface area contributed by atoms with Crippen LogP contribution >= 0.6 is 0 Å². The normalized spacial score (nSPS) is 19.4.